The van der Waals surface area contributed by atoms with Gasteiger partial charge in [-0.15, -0.1) is 11.3 Å². The third kappa shape index (κ3) is 5.87. The summed E-state index contributed by atoms with van der Waals surface area (Å²) in [6, 6.07) is 5.09. The summed E-state index contributed by atoms with van der Waals surface area (Å²) in [6.07, 6.45) is 3.72. The molecule has 0 aliphatic rings. The smallest absolute Gasteiger partial charge is 0.191 e. The van der Waals surface area contributed by atoms with Crippen molar-refractivity contribution in [1.29, 1.82) is 0 Å². The van der Waals surface area contributed by atoms with Crippen LogP contribution in [0, 0.1) is 5.82 Å². The van der Waals surface area contributed by atoms with Gasteiger partial charge in [0.1, 0.15) is 10.8 Å². The molecule has 1 aromatic carbocycles. The maximum Gasteiger partial charge on any atom is 0.191 e. The molecule has 0 bridgehead atoms. The van der Waals surface area contributed by atoms with Gasteiger partial charge in [0, 0.05) is 24.2 Å². The summed E-state index contributed by atoms with van der Waals surface area (Å²) in [6.45, 7) is 6.25. The van der Waals surface area contributed by atoms with E-state index in [1.54, 1.807) is 17.4 Å². The number of aromatic nitrogens is 1. The fourth-order valence-electron chi connectivity index (χ4n) is 2.09. The number of nitrogens with one attached hydrogen (secondary N) is 2. The first-order chi connectivity index (χ1) is 11.6. The number of benzene rings is 1. The molecular weight excluding hydrogens is 391 g/mol. The second-order valence-electron chi connectivity index (χ2n) is 5.19. The standard InChI is InChI=1S/C17H22BrFN4S/c1-3-13-10-22-16(24-13)11-23-17(20-4-2)21-8-7-12-5-6-15(19)14(18)9-12/h5-6,9-10H,3-4,7-8,11H2,1-2H3,(H2,20,21,23). The van der Waals surface area contributed by atoms with Crippen molar-refractivity contribution in [1.82, 2.24) is 15.6 Å². The molecule has 7 heteroatoms. The second-order valence-corrected chi connectivity index (χ2v) is 7.25. The monoisotopic (exact) mass is 412 g/mol. The summed E-state index contributed by atoms with van der Waals surface area (Å²) in [4.78, 5) is 10.2. The lowest BCUT2D eigenvalue weighted by atomic mass is 10.1. The zero-order valence-corrected chi connectivity index (χ0v) is 16.3. The quantitative estimate of drug-likeness (QED) is 0.535. The molecule has 130 valence electrons. The zero-order valence-electron chi connectivity index (χ0n) is 13.9. The Kier molecular flexibility index (Phi) is 7.65. The van der Waals surface area contributed by atoms with E-state index in [1.165, 1.54) is 10.9 Å². The van der Waals surface area contributed by atoms with Crippen LogP contribution in [0.5, 0.6) is 0 Å². The SMILES string of the molecule is CCNC(=NCc1ncc(CC)s1)NCCc1ccc(F)c(Br)c1. The zero-order chi connectivity index (χ0) is 17.4. The van der Waals surface area contributed by atoms with E-state index in [9.17, 15) is 4.39 Å². The molecule has 24 heavy (non-hydrogen) atoms. The van der Waals surface area contributed by atoms with Crippen LogP contribution in [-0.2, 0) is 19.4 Å². The Morgan fingerprint density at radius 1 is 1.33 bits per heavy atom. The molecule has 2 N–H and O–H groups in total. The van der Waals surface area contributed by atoms with Gasteiger partial charge in [-0.05, 0) is 53.4 Å². The highest BCUT2D eigenvalue weighted by atomic mass is 79.9. The van der Waals surface area contributed by atoms with Crippen molar-refractivity contribution in [3.63, 3.8) is 0 Å². The Morgan fingerprint density at radius 2 is 2.17 bits per heavy atom. The van der Waals surface area contributed by atoms with Crippen LogP contribution < -0.4 is 10.6 Å². The van der Waals surface area contributed by atoms with E-state index in [0.29, 0.717) is 11.0 Å². The van der Waals surface area contributed by atoms with E-state index in [4.69, 9.17) is 0 Å². The number of rotatable bonds is 7. The minimum atomic E-state index is -0.239. The molecule has 0 aliphatic carbocycles. The van der Waals surface area contributed by atoms with Gasteiger partial charge in [0.05, 0.1) is 11.0 Å². The van der Waals surface area contributed by atoms with Gasteiger partial charge in [-0.1, -0.05) is 13.0 Å². The minimum Gasteiger partial charge on any atom is -0.357 e. The van der Waals surface area contributed by atoms with Crippen molar-refractivity contribution in [3.8, 4) is 0 Å². The molecule has 0 radical (unpaired) electrons. The van der Waals surface area contributed by atoms with Gasteiger partial charge in [-0.2, -0.15) is 0 Å². The first-order valence-corrected chi connectivity index (χ1v) is 9.63. The topological polar surface area (TPSA) is 49.3 Å². The molecule has 0 saturated heterocycles. The largest absolute Gasteiger partial charge is 0.357 e. The van der Waals surface area contributed by atoms with Gasteiger partial charge in [-0.25, -0.2) is 14.4 Å². The first-order valence-electron chi connectivity index (χ1n) is 8.02. The van der Waals surface area contributed by atoms with Crippen LogP contribution in [0.25, 0.3) is 0 Å². The number of aryl methyl sites for hydroxylation is 1. The van der Waals surface area contributed by atoms with E-state index < -0.39 is 0 Å². The van der Waals surface area contributed by atoms with Crippen molar-refractivity contribution >= 4 is 33.2 Å². The second kappa shape index (κ2) is 9.74. The molecule has 0 spiro atoms. The Balaban J connectivity index is 1.87. The van der Waals surface area contributed by atoms with E-state index >= 15 is 0 Å². The normalized spacial score (nSPS) is 11.6. The Labute approximate surface area is 154 Å². The first kappa shape index (κ1) is 18.9. The highest BCUT2D eigenvalue weighted by molar-refractivity contribution is 9.10. The molecule has 0 saturated carbocycles. The lowest BCUT2D eigenvalue weighted by Crippen LogP contribution is -2.38. The minimum absolute atomic E-state index is 0.239. The van der Waals surface area contributed by atoms with Crippen molar-refractivity contribution < 1.29 is 4.39 Å². The number of thiazole rings is 1. The number of guanidine groups is 1. The van der Waals surface area contributed by atoms with Crippen LogP contribution in [0.4, 0.5) is 4.39 Å². The molecule has 0 atom stereocenters. The van der Waals surface area contributed by atoms with Gasteiger partial charge in [0.15, 0.2) is 5.96 Å². The molecule has 4 nitrogen and oxygen atoms in total. The fraction of sp³-hybridized carbons (Fsp3) is 0.412. The molecule has 1 heterocycles. The van der Waals surface area contributed by atoms with Crippen molar-refractivity contribution in [3.05, 3.63) is 50.1 Å². The summed E-state index contributed by atoms with van der Waals surface area (Å²) < 4.78 is 13.7. The number of hydrogen-bond donors (Lipinski definition) is 2. The van der Waals surface area contributed by atoms with E-state index in [1.807, 2.05) is 19.2 Å². The Hall–Kier alpha value is -1.47. The summed E-state index contributed by atoms with van der Waals surface area (Å²) in [5, 5.41) is 7.55. The van der Waals surface area contributed by atoms with Crippen LogP contribution in [0.15, 0.2) is 33.9 Å². The molecule has 2 aromatic rings. The van der Waals surface area contributed by atoms with Gasteiger partial charge in [0.25, 0.3) is 0 Å². The number of aliphatic imine (C=N–C) groups is 1. The molecule has 0 fully saturated rings. The van der Waals surface area contributed by atoms with Crippen LogP contribution in [0.3, 0.4) is 0 Å². The third-order valence-electron chi connectivity index (χ3n) is 3.36. The van der Waals surface area contributed by atoms with E-state index in [0.717, 1.165) is 42.5 Å². The number of nitrogens with zero attached hydrogens (tertiary/aromatic N) is 2. The third-order valence-corrected chi connectivity index (χ3v) is 5.09. The highest BCUT2D eigenvalue weighted by Crippen LogP contribution is 2.17. The van der Waals surface area contributed by atoms with Gasteiger partial charge >= 0.3 is 0 Å². The van der Waals surface area contributed by atoms with Gasteiger partial charge < -0.3 is 10.6 Å². The van der Waals surface area contributed by atoms with E-state index in [-0.39, 0.29) is 5.82 Å². The molecule has 2 rings (SSSR count). The molecule has 0 amide bonds. The number of halogens is 2. The molecular formula is C17H22BrFN4S. The fourth-order valence-corrected chi connectivity index (χ4v) is 3.31. The lowest BCUT2D eigenvalue weighted by molar-refractivity contribution is 0.620. The van der Waals surface area contributed by atoms with Gasteiger partial charge in [-0.3, -0.25) is 0 Å². The lowest BCUT2D eigenvalue weighted by Gasteiger charge is -2.11. The van der Waals surface area contributed by atoms with Crippen molar-refractivity contribution in [2.24, 2.45) is 4.99 Å². The molecule has 0 unspecified atom stereocenters. The molecule has 0 aliphatic heterocycles. The maximum absolute atomic E-state index is 13.2. The summed E-state index contributed by atoms with van der Waals surface area (Å²) >= 11 is 4.92. The van der Waals surface area contributed by atoms with Crippen molar-refractivity contribution in [2.45, 2.75) is 33.2 Å². The average Bonchev–Trinajstić information content (AvgIpc) is 3.04. The van der Waals surface area contributed by atoms with Crippen molar-refractivity contribution in [2.75, 3.05) is 13.1 Å². The molecule has 1 aromatic heterocycles. The average molecular weight is 413 g/mol. The predicted molar refractivity (Wildman–Crippen MR) is 102 cm³/mol. The summed E-state index contributed by atoms with van der Waals surface area (Å²) in [5.41, 5.74) is 1.07. The summed E-state index contributed by atoms with van der Waals surface area (Å²) in [5.74, 6) is 0.531. The van der Waals surface area contributed by atoms with Crippen LogP contribution in [0.1, 0.15) is 29.3 Å². The highest BCUT2D eigenvalue weighted by Gasteiger charge is 2.03. The van der Waals surface area contributed by atoms with Crippen LogP contribution in [-0.4, -0.2) is 24.0 Å². The maximum atomic E-state index is 13.2. The summed E-state index contributed by atoms with van der Waals surface area (Å²) in [7, 11) is 0. The van der Waals surface area contributed by atoms with E-state index in [2.05, 4.69) is 43.5 Å². The Morgan fingerprint density at radius 3 is 2.83 bits per heavy atom. The van der Waals surface area contributed by atoms with Crippen LogP contribution >= 0.6 is 27.3 Å². The Bertz CT molecular complexity index is 687. The number of hydrogen-bond acceptors (Lipinski definition) is 3. The predicted octanol–water partition coefficient (Wildman–Crippen LogP) is 3.90. The van der Waals surface area contributed by atoms with Crippen LogP contribution in [0.2, 0.25) is 0 Å². The van der Waals surface area contributed by atoms with Gasteiger partial charge in [0.2, 0.25) is 0 Å².